The van der Waals surface area contributed by atoms with Crippen molar-refractivity contribution in [3.05, 3.63) is 0 Å². The van der Waals surface area contributed by atoms with E-state index >= 15 is 0 Å². The Morgan fingerprint density at radius 2 is 1.67 bits per heavy atom. The zero-order valence-electron chi connectivity index (χ0n) is 6.91. The molecule has 0 amide bonds. The third-order valence-electron chi connectivity index (χ3n) is 1.39. The van der Waals surface area contributed by atoms with Gasteiger partial charge in [-0.1, -0.05) is 26.2 Å². The van der Waals surface area contributed by atoms with Crippen LogP contribution >= 0.6 is 0 Å². The Morgan fingerprint density at radius 3 is 1.67 bits per heavy atom. The molecule has 0 unspecified atom stereocenters. The average Bonchev–Trinajstić information content (AvgIpc) is 1.84. The smallest absolute Gasteiger partial charge is 0.342 e. The summed E-state index contributed by atoms with van der Waals surface area (Å²) in [6.45, 7) is -1.11. The van der Waals surface area contributed by atoms with Crippen molar-refractivity contribution in [3.63, 3.8) is 0 Å². The van der Waals surface area contributed by atoms with Crippen LogP contribution in [0.25, 0.3) is 0 Å². The number of aliphatic hydroxyl groups excluding tert-OH is 1. The van der Waals surface area contributed by atoms with Gasteiger partial charge in [-0.05, 0) is 5.92 Å². The number of carboxylic acid groups (broad SMARTS) is 1. The van der Waals surface area contributed by atoms with E-state index in [9.17, 15) is 8.78 Å². The molecule has 1 rings (SSSR count). The zero-order valence-corrected chi connectivity index (χ0v) is 6.91. The molecule has 1 fully saturated rings. The SMILES string of the molecule is CC1CCC1.O=CO.OC(F)F. The van der Waals surface area contributed by atoms with Crippen LogP contribution in [-0.4, -0.2) is 23.3 Å². The van der Waals surface area contributed by atoms with Crippen LogP contribution in [0.1, 0.15) is 26.2 Å². The Bertz CT molecular complexity index is 91.9. The van der Waals surface area contributed by atoms with E-state index in [0.717, 1.165) is 5.92 Å². The summed E-state index contributed by atoms with van der Waals surface area (Å²) in [6.07, 6.45) is 4.46. The van der Waals surface area contributed by atoms with Gasteiger partial charge in [0.2, 0.25) is 0 Å². The summed E-state index contributed by atoms with van der Waals surface area (Å²) < 4.78 is 19.8. The lowest BCUT2D eigenvalue weighted by Gasteiger charge is -2.18. The molecule has 3 nitrogen and oxygen atoms in total. The monoisotopic (exact) mass is 184 g/mol. The number of hydrogen-bond acceptors (Lipinski definition) is 2. The fourth-order valence-electron chi connectivity index (χ4n) is 0.612. The first-order valence-corrected chi connectivity index (χ1v) is 3.58. The fraction of sp³-hybridized carbons (Fsp3) is 0.857. The summed E-state index contributed by atoms with van der Waals surface area (Å²) in [7, 11) is 0. The number of aliphatic hydroxyl groups is 1. The molecule has 0 bridgehead atoms. The highest BCUT2D eigenvalue weighted by Crippen LogP contribution is 2.24. The van der Waals surface area contributed by atoms with Gasteiger partial charge in [0, 0.05) is 0 Å². The van der Waals surface area contributed by atoms with Crippen LogP contribution in [0, 0.1) is 5.92 Å². The zero-order chi connectivity index (χ0) is 9.98. The average molecular weight is 184 g/mol. The lowest BCUT2D eigenvalue weighted by Crippen LogP contribution is -2.04. The maximum Gasteiger partial charge on any atom is 0.342 e. The molecule has 2 N–H and O–H groups in total. The van der Waals surface area contributed by atoms with Gasteiger partial charge in [-0.25, -0.2) is 0 Å². The van der Waals surface area contributed by atoms with Crippen molar-refractivity contribution < 1.29 is 23.8 Å². The molecule has 0 atom stereocenters. The predicted octanol–water partition coefficient (Wildman–Crippen LogP) is 1.71. The molecular weight excluding hydrogens is 170 g/mol. The molecule has 0 aromatic rings. The predicted molar refractivity (Wildman–Crippen MR) is 39.9 cm³/mol. The van der Waals surface area contributed by atoms with Gasteiger partial charge in [0.25, 0.3) is 6.47 Å². The molecule has 1 aliphatic carbocycles. The van der Waals surface area contributed by atoms with Crippen molar-refractivity contribution in [1.82, 2.24) is 0 Å². The lowest BCUT2D eigenvalue weighted by atomic mass is 9.88. The van der Waals surface area contributed by atoms with Gasteiger partial charge in [0.1, 0.15) is 0 Å². The Morgan fingerprint density at radius 1 is 1.50 bits per heavy atom. The molecule has 5 heteroatoms. The minimum Gasteiger partial charge on any atom is -0.483 e. The van der Waals surface area contributed by atoms with E-state index in [1.54, 1.807) is 0 Å². The molecule has 0 spiro atoms. The molecular formula is C7H14F2O3. The third-order valence-corrected chi connectivity index (χ3v) is 1.39. The molecule has 0 saturated heterocycles. The van der Waals surface area contributed by atoms with Crippen LogP contribution in [-0.2, 0) is 4.79 Å². The van der Waals surface area contributed by atoms with E-state index in [0.29, 0.717) is 0 Å². The van der Waals surface area contributed by atoms with Gasteiger partial charge in [0.05, 0.1) is 0 Å². The highest BCUT2D eigenvalue weighted by Gasteiger charge is 2.09. The highest BCUT2D eigenvalue weighted by atomic mass is 19.3. The molecule has 1 saturated carbocycles. The molecule has 12 heavy (non-hydrogen) atoms. The summed E-state index contributed by atoms with van der Waals surface area (Å²) in [4.78, 5) is 8.36. The standard InChI is InChI=1S/C5H10.CH2F2O.CH2O2/c1-5-3-2-4-5;2-1(3)4;2-1-3/h5H,2-4H2,1H3;1,4H;1H,(H,2,3). The molecule has 74 valence electrons. The van der Waals surface area contributed by atoms with Gasteiger partial charge in [-0.3, -0.25) is 4.79 Å². The number of rotatable bonds is 0. The minimum atomic E-state index is -3.17. The lowest BCUT2D eigenvalue weighted by molar-refractivity contribution is -0.122. The van der Waals surface area contributed by atoms with Crippen molar-refractivity contribution in [2.24, 2.45) is 5.92 Å². The highest BCUT2D eigenvalue weighted by molar-refractivity contribution is 5.32. The van der Waals surface area contributed by atoms with E-state index in [1.807, 2.05) is 0 Å². The number of hydrogen-bond donors (Lipinski definition) is 2. The van der Waals surface area contributed by atoms with E-state index in [4.69, 9.17) is 15.0 Å². The van der Waals surface area contributed by atoms with Crippen LogP contribution in [0.5, 0.6) is 0 Å². The molecule has 1 aliphatic rings. The van der Waals surface area contributed by atoms with Gasteiger partial charge < -0.3 is 10.2 Å². The van der Waals surface area contributed by atoms with Crippen LogP contribution < -0.4 is 0 Å². The van der Waals surface area contributed by atoms with E-state index < -0.39 is 6.61 Å². The maximum absolute atomic E-state index is 9.89. The number of carbonyl (C=O) groups is 1. The van der Waals surface area contributed by atoms with E-state index in [2.05, 4.69) is 6.92 Å². The second-order valence-corrected chi connectivity index (χ2v) is 2.42. The fourth-order valence-corrected chi connectivity index (χ4v) is 0.612. The largest absolute Gasteiger partial charge is 0.483 e. The van der Waals surface area contributed by atoms with Gasteiger partial charge >= 0.3 is 6.61 Å². The van der Waals surface area contributed by atoms with Gasteiger partial charge in [0.15, 0.2) is 0 Å². The second-order valence-electron chi connectivity index (χ2n) is 2.42. The van der Waals surface area contributed by atoms with Crippen LogP contribution in [0.15, 0.2) is 0 Å². The first-order chi connectivity index (χ1) is 5.54. The molecule has 0 heterocycles. The summed E-state index contributed by atoms with van der Waals surface area (Å²) in [6, 6.07) is 0. The first kappa shape index (κ1) is 13.9. The van der Waals surface area contributed by atoms with Crippen LogP contribution in [0.2, 0.25) is 0 Å². The summed E-state index contributed by atoms with van der Waals surface area (Å²) in [5, 5.41) is 13.6. The van der Waals surface area contributed by atoms with Crippen molar-refractivity contribution in [1.29, 1.82) is 0 Å². The van der Waals surface area contributed by atoms with Crippen molar-refractivity contribution in [2.45, 2.75) is 32.8 Å². The Kier molecular flexibility index (Phi) is 11.9. The quantitative estimate of drug-likeness (QED) is 0.563. The van der Waals surface area contributed by atoms with E-state index in [1.165, 1.54) is 19.3 Å². The van der Waals surface area contributed by atoms with Crippen LogP contribution in [0.3, 0.4) is 0 Å². The van der Waals surface area contributed by atoms with Crippen LogP contribution in [0.4, 0.5) is 8.78 Å². The van der Waals surface area contributed by atoms with Crippen molar-refractivity contribution >= 4 is 6.47 Å². The van der Waals surface area contributed by atoms with Crippen molar-refractivity contribution in [3.8, 4) is 0 Å². The molecule has 0 radical (unpaired) electrons. The summed E-state index contributed by atoms with van der Waals surface area (Å²) >= 11 is 0. The molecule has 0 aromatic heterocycles. The first-order valence-electron chi connectivity index (χ1n) is 3.58. The van der Waals surface area contributed by atoms with Gasteiger partial charge in [-0.2, -0.15) is 8.78 Å². The molecule has 0 aromatic carbocycles. The third kappa shape index (κ3) is 22.8. The van der Waals surface area contributed by atoms with Crippen molar-refractivity contribution in [2.75, 3.05) is 0 Å². The number of alkyl halides is 2. The van der Waals surface area contributed by atoms with Gasteiger partial charge in [-0.15, -0.1) is 0 Å². The summed E-state index contributed by atoms with van der Waals surface area (Å²) in [5.74, 6) is 1.06. The Labute approximate surface area is 70.0 Å². The minimum absolute atomic E-state index is 0.250. The maximum atomic E-state index is 9.89. The Hall–Kier alpha value is -0.710. The Balaban J connectivity index is 0. The molecule has 0 aliphatic heterocycles. The normalized spacial score (nSPS) is 14.8. The topological polar surface area (TPSA) is 57.5 Å². The van der Waals surface area contributed by atoms with E-state index in [-0.39, 0.29) is 6.47 Å². The summed E-state index contributed by atoms with van der Waals surface area (Å²) in [5.41, 5.74) is 0. The number of halogens is 2. The second kappa shape index (κ2) is 10.3.